The highest BCUT2D eigenvalue weighted by Crippen LogP contribution is 2.09. The Hall–Kier alpha value is -1.14. The number of aliphatic hydroxyl groups excluding tert-OH is 1. The molecule has 112 valence electrons. The summed E-state index contributed by atoms with van der Waals surface area (Å²) in [6, 6.07) is 7.32. The maximum Gasteiger partial charge on any atom is 0.234 e. The second kappa shape index (κ2) is 8.92. The number of hydrogen-bond acceptors (Lipinski definition) is 4. The van der Waals surface area contributed by atoms with Crippen molar-refractivity contribution in [2.24, 2.45) is 0 Å². The molecule has 0 aromatic heterocycles. The molecule has 0 heterocycles. The van der Waals surface area contributed by atoms with Crippen LogP contribution >= 0.6 is 11.6 Å². The summed E-state index contributed by atoms with van der Waals surface area (Å²) >= 11 is 5.79. The number of methoxy groups -OCH3 is 1. The van der Waals surface area contributed by atoms with Crippen LogP contribution in [-0.2, 0) is 16.1 Å². The number of nitrogens with one attached hydrogen (secondary N) is 1. The van der Waals surface area contributed by atoms with Gasteiger partial charge in [-0.05, 0) is 24.7 Å². The Morgan fingerprint density at radius 1 is 1.45 bits per heavy atom. The molecule has 5 nitrogen and oxygen atoms in total. The Kier molecular flexibility index (Phi) is 7.54. The highest BCUT2D eigenvalue weighted by Gasteiger charge is 2.11. The largest absolute Gasteiger partial charge is 0.389 e. The van der Waals surface area contributed by atoms with Crippen LogP contribution in [0.25, 0.3) is 0 Å². The lowest BCUT2D eigenvalue weighted by Crippen LogP contribution is -2.39. The van der Waals surface area contributed by atoms with Crippen molar-refractivity contribution in [3.05, 3.63) is 34.9 Å². The summed E-state index contributed by atoms with van der Waals surface area (Å²) in [6.07, 6.45) is -0.589. The molecule has 0 saturated carbocycles. The van der Waals surface area contributed by atoms with Crippen molar-refractivity contribution in [3.8, 4) is 0 Å². The minimum atomic E-state index is -0.589. The minimum Gasteiger partial charge on any atom is -0.389 e. The van der Waals surface area contributed by atoms with E-state index in [1.54, 1.807) is 24.1 Å². The summed E-state index contributed by atoms with van der Waals surface area (Å²) in [5.41, 5.74) is 0.991. The van der Waals surface area contributed by atoms with Gasteiger partial charge in [-0.3, -0.25) is 9.69 Å². The topological polar surface area (TPSA) is 61.8 Å². The molecule has 0 bridgehead atoms. The van der Waals surface area contributed by atoms with Gasteiger partial charge >= 0.3 is 0 Å². The molecule has 1 unspecified atom stereocenters. The first-order valence-electron chi connectivity index (χ1n) is 6.38. The quantitative estimate of drug-likeness (QED) is 0.749. The van der Waals surface area contributed by atoms with Crippen LogP contribution in [0.15, 0.2) is 24.3 Å². The highest BCUT2D eigenvalue weighted by atomic mass is 35.5. The van der Waals surface area contributed by atoms with Gasteiger partial charge in [-0.2, -0.15) is 0 Å². The lowest BCUT2D eigenvalue weighted by molar-refractivity contribution is -0.122. The fourth-order valence-electron chi connectivity index (χ4n) is 1.77. The van der Waals surface area contributed by atoms with Crippen LogP contribution in [0.4, 0.5) is 0 Å². The van der Waals surface area contributed by atoms with Crippen molar-refractivity contribution in [3.63, 3.8) is 0 Å². The molecule has 6 heteroatoms. The Balaban J connectivity index is 2.27. The van der Waals surface area contributed by atoms with Crippen molar-refractivity contribution in [1.29, 1.82) is 0 Å². The van der Waals surface area contributed by atoms with Crippen LogP contribution in [0.1, 0.15) is 5.56 Å². The lowest BCUT2D eigenvalue weighted by atomic mass is 10.2. The molecule has 1 rings (SSSR count). The zero-order chi connectivity index (χ0) is 15.0. The third-order valence-corrected chi connectivity index (χ3v) is 2.95. The minimum absolute atomic E-state index is 0.0907. The molecule has 0 aliphatic heterocycles. The Labute approximate surface area is 124 Å². The predicted molar refractivity (Wildman–Crippen MR) is 78.7 cm³/mol. The van der Waals surface area contributed by atoms with Gasteiger partial charge in [0.15, 0.2) is 0 Å². The Bertz CT molecular complexity index is 411. The SMILES string of the molecule is COCC(O)CN(C)CC(=O)NCc1ccc(Cl)cc1. The number of nitrogens with zero attached hydrogens (tertiary/aromatic N) is 1. The normalized spacial score (nSPS) is 12.4. The molecule has 2 N–H and O–H groups in total. The van der Waals surface area contributed by atoms with E-state index in [9.17, 15) is 9.90 Å². The van der Waals surface area contributed by atoms with Gasteiger partial charge < -0.3 is 15.2 Å². The number of carbonyl (C=O) groups is 1. The third kappa shape index (κ3) is 6.86. The molecular formula is C14H21ClN2O3. The molecule has 20 heavy (non-hydrogen) atoms. The number of benzene rings is 1. The van der Waals surface area contributed by atoms with Gasteiger partial charge in [-0.1, -0.05) is 23.7 Å². The number of halogens is 1. The number of rotatable bonds is 8. The zero-order valence-electron chi connectivity index (χ0n) is 11.8. The van der Waals surface area contributed by atoms with Crippen LogP contribution in [0, 0.1) is 0 Å². The average molecular weight is 301 g/mol. The number of ether oxygens (including phenoxy) is 1. The summed E-state index contributed by atoms with van der Waals surface area (Å²) in [7, 11) is 3.31. The molecular weight excluding hydrogens is 280 g/mol. The predicted octanol–water partition coefficient (Wildman–Crippen LogP) is 0.895. The van der Waals surface area contributed by atoms with Crippen LogP contribution in [0.5, 0.6) is 0 Å². The zero-order valence-corrected chi connectivity index (χ0v) is 12.6. The van der Waals surface area contributed by atoms with Crippen molar-refractivity contribution < 1.29 is 14.6 Å². The fraction of sp³-hybridized carbons (Fsp3) is 0.500. The first-order chi connectivity index (χ1) is 9.51. The molecule has 0 fully saturated rings. The van der Waals surface area contributed by atoms with Gasteiger partial charge in [0, 0.05) is 25.2 Å². The van der Waals surface area contributed by atoms with Gasteiger partial charge in [0.1, 0.15) is 0 Å². The van der Waals surface area contributed by atoms with E-state index in [0.29, 0.717) is 18.1 Å². The van der Waals surface area contributed by atoms with Crippen molar-refractivity contribution >= 4 is 17.5 Å². The van der Waals surface area contributed by atoms with Crippen LogP contribution in [0.3, 0.4) is 0 Å². The summed E-state index contributed by atoms with van der Waals surface area (Å²) in [5.74, 6) is -0.0907. The number of amides is 1. The van der Waals surface area contributed by atoms with E-state index in [4.69, 9.17) is 16.3 Å². The summed E-state index contributed by atoms with van der Waals surface area (Å²) in [4.78, 5) is 13.5. The molecule has 0 aliphatic rings. The van der Waals surface area contributed by atoms with Crippen LogP contribution in [0.2, 0.25) is 5.02 Å². The monoisotopic (exact) mass is 300 g/mol. The van der Waals surface area contributed by atoms with E-state index in [1.165, 1.54) is 7.11 Å². The molecule has 1 atom stereocenters. The van der Waals surface area contributed by atoms with E-state index in [-0.39, 0.29) is 19.1 Å². The van der Waals surface area contributed by atoms with Crippen LogP contribution in [-0.4, -0.2) is 55.9 Å². The lowest BCUT2D eigenvalue weighted by Gasteiger charge is -2.19. The van der Waals surface area contributed by atoms with E-state index < -0.39 is 6.10 Å². The standard InChI is InChI=1S/C14H21ClN2O3/c1-17(8-13(18)10-20-2)9-14(19)16-7-11-3-5-12(15)6-4-11/h3-6,13,18H,7-10H2,1-2H3,(H,16,19). The summed E-state index contributed by atoms with van der Waals surface area (Å²) < 4.78 is 4.84. The molecule has 1 aromatic carbocycles. The molecule has 0 aliphatic carbocycles. The highest BCUT2D eigenvalue weighted by molar-refractivity contribution is 6.30. The molecule has 1 amide bonds. The third-order valence-electron chi connectivity index (χ3n) is 2.70. The first kappa shape index (κ1) is 16.9. The Morgan fingerprint density at radius 2 is 2.10 bits per heavy atom. The van der Waals surface area contributed by atoms with Gasteiger partial charge in [0.05, 0.1) is 19.3 Å². The van der Waals surface area contributed by atoms with E-state index in [1.807, 2.05) is 12.1 Å². The molecule has 0 radical (unpaired) electrons. The van der Waals surface area contributed by atoms with Crippen LogP contribution < -0.4 is 5.32 Å². The Morgan fingerprint density at radius 3 is 2.70 bits per heavy atom. The van der Waals surface area contributed by atoms with Crippen molar-refractivity contribution in [2.75, 3.05) is 33.9 Å². The van der Waals surface area contributed by atoms with E-state index in [0.717, 1.165) is 5.56 Å². The summed E-state index contributed by atoms with van der Waals surface area (Å²) in [6.45, 7) is 1.35. The van der Waals surface area contributed by atoms with Crippen molar-refractivity contribution in [2.45, 2.75) is 12.6 Å². The number of aliphatic hydroxyl groups is 1. The summed E-state index contributed by atoms with van der Waals surface area (Å²) in [5, 5.41) is 13.0. The molecule has 1 aromatic rings. The molecule has 0 spiro atoms. The number of carbonyl (C=O) groups excluding carboxylic acids is 1. The maximum absolute atomic E-state index is 11.7. The number of likely N-dealkylation sites (N-methyl/N-ethyl adjacent to an activating group) is 1. The molecule has 0 saturated heterocycles. The van der Waals surface area contributed by atoms with Gasteiger partial charge in [-0.15, -0.1) is 0 Å². The van der Waals surface area contributed by atoms with Gasteiger partial charge in [-0.25, -0.2) is 0 Å². The first-order valence-corrected chi connectivity index (χ1v) is 6.75. The van der Waals surface area contributed by atoms with E-state index >= 15 is 0 Å². The second-order valence-electron chi connectivity index (χ2n) is 4.71. The van der Waals surface area contributed by atoms with Crippen molar-refractivity contribution in [1.82, 2.24) is 10.2 Å². The maximum atomic E-state index is 11.7. The fourth-order valence-corrected chi connectivity index (χ4v) is 1.90. The van der Waals surface area contributed by atoms with E-state index in [2.05, 4.69) is 5.32 Å². The number of hydrogen-bond donors (Lipinski definition) is 2. The van der Waals surface area contributed by atoms with Gasteiger partial charge in [0.2, 0.25) is 5.91 Å². The average Bonchev–Trinajstić information content (AvgIpc) is 2.38. The smallest absolute Gasteiger partial charge is 0.234 e. The van der Waals surface area contributed by atoms with Gasteiger partial charge in [0.25, 0.3) is 0 Å². The second-order valence-corrected chi connectivity index (χ2v) is 5.15.